The third-order valence-corrected chi connectivity index (χ3v) is 9.25. The van der Waals surface area contributed by atoms with Gasteiger partial charge in [0.25, 0.3) is 0 Å². The summed E-state index contributed by atoms with van der Waals surface area (Å²) in [6.45, 7) is 4.31. The second-order valence-electron chi connectivity index (χ2n) is 11.3. The molecule has 2 heterocycles. The van der Waals surface area contributed by atoms with E-state index in [2.05, 4.69) is 145 Å². The Morgan fingerprint density at radius 2 is 1.51 bits per heavy atom. The maximum absolute atomic E-state index is 6.26. The molecular formula is C36H36ClI2N7O. The zero-order chi connectivity index (χ0) is 31.7. The highest BCUT2D eigenvalue weighted by Crippen LogP contribution is 2.29. The van der Waals surface area contributed by atoms with Crippen molar-refractivity contribution < 1.29 is 4.74 Å². The monoisotopic (exact) mass is 871 g/mol. The van der Waals surface area contributed by atoms with Crippen LogP contribution < -0.4 is 20.4 Å². The molecule has 8 nitrogen and oxygen atoms in total. The molecule has 242 valence electrons. The molecule has 0 atom stereocenters. The number of piperidine rings is 1. The second-order valence-corrected chi connectivity index (χ2v) is 13.8. The van der Waals surface area contributed by atoms with Crippen molar-refractivity contribution in [2.45, 2.75) is 32.8 Å². The molecule has 1 saturated heterocycles. The van der Waals surface area contributed by atoms with Crippen LogP contribution in [0.15, 0.2) is 102 Å². The first-order valence-corrected chi connectivity index (χ1v) is 17.5. The van der Waals surface area contributed by atoms with Gasteiger partial charge in [0.1, 0.15) is 12.4 Å². The zero-order valence-electron chi connectivity index (χ0n) is 25.9. The SMILES string of the molecule is Cc1ccc(Nc2nc(N/N=C/c3cc(I)cc(I)c3OCc3ccccc3)nc(N3CCC(Cc4ccccc4)CC3)n2)cc1.Cl. The molecule has 0 spiro atoms. The van der Waals surface area contributed by atoms with E-state index in [1.54, 1.807) is 6.21 Å². The van der Waals surface area contributed by atoms with Gasteiger partial charge in [-0.15, -0.1) is 12.4 Å². The Hall–Kier alpha value is -3.49. The number of aryl methyl sites for hydroxylation is 1. The maximum Gasteiger partial charge on any atom is 0.250 e. The maximum atomic E-state index is 6.26. The smallest absolute Gasteiger partial charge is 0.250 e. The van der Waals surface area contributed by atoms with Crippen molar-refractivity contribution in [3.63, 3.8) is 0 Å². The fraction of sp³-hybridized carbons (Fsp3) is 0.222. The van der Waals surface area contributed by atoms with Gasteiger partial charge in [-0.05, 0) is 113 Å². The molecule has 0 saturated carbocycles. The molecule has 6 rings (SSSR count). The number of halogens is 3. The van der Waals surface area contributed by atoms with E-state index in [0.717, 1.165) is 62.1 Å². The van der Waals surface area contributed by atoms with Crippen LogP contribution in [0.25, 0.3) is 0 Å². The van der Waals surface area contributed by atoms with Crippen LogP contribution in [0.3, 0.4) is 0 Å². The van der Waals surface area contributed by atoms with Gasteiger partial charge >= 0.3 is 0 Å². The lowest BCUT2D eigenvalue weighted by molar-refractivity contribution is 0.303. The van der Waals surface area contributed by atoms with Gasteiger partial charge in [-0.25, -0.2) is 5.43 Å². The summed E-state index contributed by atoms with van der Waals surface area (Å²) in [5.41, 5.74) is 8.54. The van der Waals surface area contributed by atoms with E-state index in [0.29, 0.717) is 30.4 Å². The first-order chi connectivity index (χ1) is 22.5. The minimum absolute atomic E-state index is 0. The Labute approximate surface area is 309 Å². The number of benzene rings is 4. The second kappa shape index (κ2) is 17.1. The summed E-state index contributed by atoms with van der Waals surface area (Å²) in [4.78, 5) is 16.5. The van der Waals surface area contributed by atoms with Crippen molar-refractivity contribution in [3.8, 4) is 5.75 Å². The topological polar surface area (TPSA) is 87.6 Å². The summed E-state index contributed by atoms with van der Waals surface area (Å²) in [5.74, 6) is 2.90. The summed E-state index contributed by atoms with van der Waals surface area (Å²) in [6.07, 6.45) is 5.02. The highest BCUT2D eigenvalue weighted by Gasteiger charge is 2.22. The van der Waals surface area contributed by atoms with Gasteiger partial charge in [0.05, 0.1) is 9.78 Å². The van der Waals surface area contributed by atoms with E-state index in [1.165, 1.54) is 11.1 Å². The Morgan fingerprint density at radius 3 is 2.21 bits per heavy atom. The number of nitrogens with one attached hydrogen (secondary N) is 2. The van der Waals surface area contributed by atoms with Crippen LogP contribution in [0.1, 0.15) is 35.1 Å². The molecule has 0 aliphatic carbocycles. The van der Waals surface area contributed by atoms with Crippen LogP contribution in [0.2, 0.25) is 0 Å². The molecule has 0 unspecified atom stereocenters. The van der Waals surface area contributed by atoms with Crippen molar-refractivity contribution in [2.75, 3.05) is 28.7 Å². The van der Waals surface area contributed by atoms with E-state index < -0.39 is 0 Å². The van der Waals surface area contributed by atoms with E-state index in [4.69, 9.17) is 14.7 Å². The molecule has 0 radical (unpaired) electrons. The number of anilines is 4. The van der Waals surface area contributed by atoms with Crippen LogP contribution in [0.5, 0.6) is 5.75 Å². The average Bonchev–Trinajstić information content (AvgIpc) is 3.06. The van der Waals surface area contributed by atoms with E-state index in [-0.39, 0.29) is 12.4 Å². The van der Waals surface area contributed by atoms with Crippen molar-refractivity contribution in [3.05, 3.63) is 126 Å². The number of ether oxygens (including phenoxy) is 1. The number of hydrogen-bond acceptors (Lipinski definition) is 8. The fourth-order valence-corrected chi connectivity index (χ4v) is 7.43. The van der Waals surface area contributed by atoms with Gasteiger partial charge < -0.3 is 15.0 Å². The van der Waals surface area contributed by atoms with Gasteiger partial charge in [0.2, 0.25) is 17.8 Å². The van der Waals surface area contributed by atoms with Crippen LogP contribution in [-0.4, -0.2) is 34.3 Å². The molecular weight excluding hydrogens is 836 g/mol. The molecule has 47 heavy (non-hydrogen) atoms. The molecule has 1 aliphatic rings. The minimum Gasteiger partial charge on any atom is -0.487 e. The molecule has 11 heteroatoms. The molecule has 0 bridgehead atoms. The number of hydrogen-bond donors (Lipinski definition) is 2. The molecule has 4 aromatic carbocycles. The predicted molar refractivity (Wildman–Crippen MR) is 210 cm³/mol. The standard InChI is InChI=1S/C36H35I2N7O.ClH/c1-25-12-14-31(15-13-25)40-34-41-35(43-36(42-34)45-18-16-27(17-19-45)20-26-8-4-2-5-9-26)44-39-23-29-21-30(37)22-32(38)33(29)46-24-28-10-6-3-7-11-28;/h2-15,21-23,27H,16-20,24H2,1H3,(H2,40,41,42,43,44);1H/b39-23+;. The highest BCUT2D eigenvalue weighted by atomic mass is 127. The summed E-state index contributed by atoms with van der Waals surface area (Å²) in [5, 5.41) is 7.91. The van der Waals surface area contributed by atoms with Crippen molar-refractivity contribution in [1.82, 2.24) is 15.0 Å². The summed E-state index contributed by atoms with van der Waals surface area (Å²) in [7, 11) is 0. The average molecular weight is 872 g/mol. The van der Waals surface area contributed by atoms with Crippen LogP contribution in [0.4, 0.5) is 23.5 Å². The Morgan fingerprint density at radius 1 is 0.851 bits per heavy atom. The Balaban J connectivity index is 0.00000433. The van der Waals surface area contributed by atoms with E-state index >= 15 is 0 Å². The molecule has 5 aromatic rings. The van der Waals surface area contributed by atoms with E-state index in [1.807, 2.05) is 30.3 Å². The number of nitrogens with zero attached hydrogens (tertiary/aromatic N) is 5. The van der Waals surface area contributed by atoms with Crippen molar-refractivity contribution in [2.24, 2.45) is 11.0 Å². The zero-order valence-corrected chi connectivity index (χ0v) is 31.1. The Kier molecular flexibility index (Phi) is 12.6. The number of hydrazone groups is 1. The summed E-state index contributed by atoms with van der Waals surface area (Å²) in [6, 6.07) is 33.2. The molecule has 1 fully saturated rings. The Bertz CT molecular complexity index is 1770. The number of rotatable bonds is 11. The molecule has 1 aliphatic heterocycles. The van der Waals surface area contributed by atoms with Gasteiger partial charge in [0.15, 0.2) is 0 Å². The lowest BCUT2D eigenvalue weighted by Crippen LogP contribution is -2.35. The lowest BCUT2D eigenvalue weighted by Gasteiger charge is -2.32. The van der Waals surface area contributed by atoms with E-state index in [9.17, 15) is 0 Å². The largest absolute Gasteiger partial charge is 0.487 e. The third kappa shape index (κ3) is 10.0. The van der Waals surface area contributed by atoms with Crippen LogP contribution in [-0.2, 0) is 13.0 Å². The first kappa shape index (κ1) is 34.8. The van der Waals surface area contributed by atoms with Crippen molar-refractivity contribution >= 4 is 87.3 Å². The van der Waals surface area contributed by atoms with Gasteiger partial charge in [-0.3, -0.25) is 0 Å². The number of aromatic nitrogens is 3. The third-order valence-electron chi connectivity index (χ3n) is 7.83. The van der Waals surface area contributed by atoms with Crippen LogP contribution in [0, 0.1) is 20.0 Å². The summed E-state index contributed by atoms with van der Waals surface area (Å²) < 4.78 is 8.38. The predicted octanol–water partition coefficient (Wildman–Crippen LogP) is 9.04. The summed E-state index contributed by atoms with van der Waals surface area (Å²) >= 11 is 4.63. The minimum atomic E-state index is 0. The van der Waals surface area contributed by atoms with Gasteiger partial charge in [0, 0.05) is 27.9 Å². The highest BCUT2D eigenvalue weighted by molar-refractivity contribution is 14.1. The molecule has 2 N–H and O–H groups in total. The molecule has 0 amide bonds. The first-order valence-electron chi connectivity index (χ1n) is 15.3. The van der Waals surface area contributed by atoms with Crippen molar-refractivity contribution in [1.29, 1.82) is 0 Å². The lowest BCUT2D eigenvalue weighted by atomic mass is 9.90. The fourth-order valence-electron chi connectivity index (χ4n) is 5.38. The quantitative estimate of drug-likeness (QED) is 0.0779. The molecule has 1 aromatic heterocycles. The van der Waals surface area contributed by atoms with Crippen LogP contribution >= 0.6 is 57.6 Å². The van der Waals surface area contributed by atoms with Gasteiger partial charge in [-0.1, -0.05) is 78.4 Å². The normalized spacial score (nSPS) is 13.3. The van der Waals surface area contributed by atoms with Gasteiger partial charge in [-0.2, -0.15) is 20.1 Å².